The molecule has 0 aliphatic carbocycles. The number of phenolic OH excluding ortho intramolecular Hbond substituents is 1. The van der Waals surface area contributed by atoms with E-state index >= 15 is 0 Å². The molecule has 0 saturated carbocycles. The quantitative estimate of drug-likeness (QED) is 0.721. The van der Waals surface area contributed by atoms with Gasteiger partial charge in [0.05, 0.1) is 0 Å². The van der Waals surface area contributed by atoms with Crippen molar-refractivity contribution >= 4 is 0 Å². The molecule has 0 aliphatic rings. The molecule has 0 atom stereocenters. The summed E-state index contributed by atoms with van der Waals surface area (Å²) in [7, 11) is 0. The van der Waals surface area contributed by atoms with Crippen molar-refractivity contribution in [2.24, 2.45) is 5.73 Å². The van der Waals surface area contributed by atoms with E-state index in [0.29, 0.717) is 5.75 Å². The van der Waals surface area contributed by atoms with Gasteiger partial charge in [-0.3, -0.25) is 0 Å². The number of nitrogens with two attached hydrogens (primary N) is 1. The summed E-state index contributed by atoms with van der Waals surface area (Å²) >= 11 is 0. The summed E-state index contributed by atoms with van der Waals surface area (Å²) in [4.78, 5) is 0. The Morgan fingerprint density at radius 1 is 1.21 bits per heavy atom. The summed E-state index contributed by atoms with van der Waals surface area (Å²) in [5.41, 5.74) is 8.66. The van der Waals surface area contributed by atoms with Crippen molar-refractivity contribution in [2.75, 3.05) is 6.54 Å². The van der Waals surface area contributed by atoms with Gasteiger partial charge in [0.15, 0.2) is 0 Å². The van der Waals surface area contributed by atoms with E-state index < -0.39 is 0 Å². The molecule has 78 valence electrons. The summed E-state index contributed by atoms with van der Waals surface area (Å²) in [5, 5.41) is 9.79. The van der Waals surface area contributed by atoms with E-state index in [2.05, 4.69) is 13.0 Å². The predicted octanol–water partition coefficient (Wildman–Crippen LogP) is 2.29. The van der Waals surface area contributed by atoms with Gasteiger partial charge in [-0.25, -0.2) is 0 Å². The standard InChI is InChI=1S/C12H19NO/c1-9-7-10(2)12(14)11(8-9)5-3-4-6-13/h7-8,14H,3-6,13H2,1-2H3. The van der Waals surface area contributed by atoms with Crippen LogP contribution < -0.4 is 5.73 Å². The first kappa shape index (κ1) is 11.1. The molecule has 0 heterocycles. The van der Waals surface area contributed by atoms with E-state index in [9.17, 15) is 5.11 Å². The maximum absolute atomic E-state index is 9.79. The van der Waals surface area contributed by atoms with E-state index in [1.54, 1.807) is 0 Å². The average Bonchev–Trinajstić information content (AvgIpc) is 2.13. The number of benzene rings is 1. The Morgan fingerprint density at radius 3 is 2.57 bits per heavy atom. The molecule has 0 unspecified atom stereocenters. The lowest BCUT2D eigenvalue weighted by atomic mass is 10.0. The van der Waals surface area contributed by atoms with Gasteiger partial charge in [0.25, 0.3) is 0 Å². The summed E-state index contributed by atoms with van der Waals surface area (Å²) in [6.07, 6.45) is 2.99. The van der Waals surface area contributed by atoms with Crippen molar-refractivity contribution in [1.29, 1.82) is 0 Å². The fraction of sp³-hybridized carbons (Fsp3) is 0.500. The van der Waals surface area contributed by atoms with Gasteiger partial charge < -0.3 is 10.8 Å². The predicted molar refractivity (Wildman–Crippen MR) is 59.6 cm³/mol. The van der Waals surface area contributed by atoms with E-state index in [-0.39, 0.29) is 0 Å². The van der Waals surface area contributed by atoms with Gasteiger partial charge in [-0.15, -0.1) is 0 Å². The summed E-state index contributed by atoms with van der Waals surface area (Å²) in [5.74, 6) is 0.452. The Hall–Kier alpha value is -1.02. The molecule has 0 fully saturated rings. The maximum atomic E-state index is 9.79. The number of rotatable bonds is 4. The fourth-order valence-corrected chi connectivity index (χ4v) is 1.70. The molecule has 0 spiro atoms. The summed E-state index contributed by atoms with van der Waals surface area (Å²) in [6.45, 7) is 4.72. The van der Waals surface area contributed by atoms with Gasteiger partial charge in [0.1, 0.15) is 5.75 Å². The van der Waals surface area contributed by atoms with Crippen LogP contribution >= 0.6 is 0 Å². The molecule has 0 aliphatic heterocycles. The molecule has 1 rings (SSSR count). The van der Waals surface area contributed by atoms with Gasteiger partial charge in [-0.2, -0.15) is 0 Å². The maximum Gasteiger partial charge on any atom is 0.121 e. The molecule has 0 amide bonds. The normalized spacial score (nSPS) is 10.5. The Morgan fingerprint density at radius 2 is 1.93 bits per heavy atom. The molecule has 14 heavy (non-hydrogen) atoms. The number of aryl methyl sites for hydroxylation is 3. The molecule has 2 nitrogen and oxygen atoms in total. The lowest BCUT2D eigenvalue weighted by Gasteiger charge is -2.08. The van der Waals surface area contributed by atoms with Crippen molar-refractivity contribution in [3.8, 4) is 5.75 Å². The minimum Gasteiger partial charge on any atom is -0.507 e. The largest absolute Gasteiger partial charge is 0.507 e. The van der Waals surface area contributed by atoms with Gasteiger partial charge in [0, 0.05) is 0 Å². The first-order chi connectivity index (χ1) is 6.65. The third-order valence-electron chi connectivity index (χ3n) is 2.42. The number of hydrogen-bond acceptors (Lipinski definition) is 2. The number of phenols is 1. The van der Waals surface area contributed by atoms with Gasteiger partial charge in [-0.05, 0) is 50.8 Å². The molecule has 0 saturated heterocycles. The van der Waals surface area contributed by atoms with Crippen molar-refractivity contribution < 1.29 is 5.11 Å². The fourth-order valence-electron chi connectivity index (χ4n) is 1.70. The van der Waals surface area contributed by atoms with Gasteiger partial charge in [-0.1, -0.05) is 17.7 Å². The first-order valence-corrected chi connectivity index (χ1v) is 5.14. The Kier molecular flexibility index (Phi) is 3.96. The van der Waals surface area contributed by atoms with Crippen molar-refractivity contribution in [2.45, 2.75) is 33.1 Å². The van der Waals surface area contributed by atoms with Crippen LogP contribution in [0, 0.1) is 13.8 Å². The Balaban J connectivity index is 2.75. The SMILES string of the molecule is Cc1cc(C)c(O)c(CCCCN)c1. The molecule has 0 bridgehead atoms. The van der Waals surface area contributed by atoms with Crippen LogP contribution in [0.2, 0.25) is 0 Å². The monoisotopic (exact) mass is 193 g/mol. The summed E-state index contributed by atoms with van der Waals surface area (Å²) < 4.78 is 0. The highest BCUT2D eigenvalue weighted by molar-refractivity contribution is 5.42. The average molecular weight is 193 g/mol. The topological polar surface area (TPSA) is 46.2 Å². The van der Waals surface area contributed by atoms with Crippen molar-refractivity contribution in [3.05, 3.63) is 28.8 Å². The number of unbranched alkanes of at least 4 members (excludes halogenated alkanes) is 1. The molecular formula is C12H19NO. The molecule has 0 radical (unpaired) electrons. The Bertz CT molecular complexity index is 307. The van der Waals surface area contributed by atoms with Crippen LogP contribution in [0.3, 0.4) is 0 Å². The molecule has 2 heteroatoms. The zero-order valence-electron chi connectivity index (χ0n) is 9.01. The van der Waals surface area contributed by atoms with Crippen LogP contribution in [0.5, 0.6) is 5.75 Å². The number of aromatic hydroxyl groups is 1. The third kappa shape index (κ3) is 2.74. The van der Waals surface area contributed by atoms with Crippen LogP contribution in [0.15, 0.2) is 12.1 Å². The van der Waals surface area contributed by atoms with Crippen LogP contribution in [-0.4, -0.2) is 11.7 Å². The zero-order valence-corrected chi connectivity index (χ0v) is 9.01. The summed E-state index contributed by atoms with van der Waals surface area (Å²) in [6, 6.07) is 4.06. The minimum absolute atomic E-state index is 0.452. The zero-order chi connectivity index (χ0) is 10.6. The van der Waals surface area contributed by atoms with E-state index in [1.165, 1.54) is 5.56 Å². The highest BCUT2D eigenvalue weighted by Gasteiger charge is 2.04. The van der Waals surface area contributed by atoms with Crippen LogP contribution in [-0.2, 0) is 6.42 Å². The van der Waals surface area contributed by atoms with Crippen LogP contribution in [0.4, 0.5) is 0 Å². The lowest BCUT2D eigenvalue weighted by molar-refractivity contribution is 0.462. The Labute approximate surface area is 85.8 Å². The minimum atomic E-state index is 0.452. The second kappa shape index (κ2) is 5.01. The second-order valence-electron chi connectivity index (χ2n) is 3.84. The van der Waals surface area contributed by atoms with E-state index in [4.69, 9.17) is 5.73 Å². The molecule has 1 aromatic carbocycles. The van der Waals surface area contributed by atoms with Gasteiger partial charge >= 0.3 is 0 Å². The van der Waals surface area contributed by atoms with Crippen molar-refractivity contribution in [3.63, 3.8) is 0 Å². The third-order valence-corrected chi connectivity index (χ3v) is 2.42. The van der Waals surface area contributed by atoms with Gasteiger partial charge in [0.2, 0.25) is 0 Å². The molecular weight excluding hydrogens is 174 g/mol. The van der Waals surface area contributed by atoms with Crippen LogP contribution in [0.25, 0.3) is 0 Å². The number of hydrogen-bond donors (Lipinski definition) is 2. The van der Waals surface area contributed by atoms with E-state index in [0.717, 1.165) is 36.9 Å². The first-order valence-electron chi connectivity index (χ1n) is 5.14. The van der Waals surface area contributed by atoms with Crippen LogP contribution in [0.1, 0.15) is 29.5 Å². The second-order valence-corrected chi connectivity index (χ2v) is 3.84. The lowest BCUT2D eigenvalue weighted by Crippen LogP contribution is -1.99. The molecule has 1 aromatic rings. The highest BCUT2D eigenvalue weighted by atomic mass is 16.3. The highest BCUT2D eigenvalue weighted by Crippen LogP contribution is 2.24. The molecule has 0 aromatic heterocycles. The molecule has 3 N–H and O–H groups in total. The smallest absolute Gasteiger partial charge is 0.121 e. The van der Waals surface area contributed by atoms with Crippen molar-refractivity contribution in [1.82, 2.24) is 0 Å². The van der Waals surface area contributed by atoms with E-state index in [1.807, 2.05) is 13.0 Å².